The van der Waals surface area contributed by atoms with Gasteiger partial charge in [0.25, 0.3) is 0 Å². The van der Waals surface area contributed by atoms with Crippen LogP contribution in [0.2, 0.25) is 0 Å². The van der Waals surface area contributed by atoms with Crippen LogP contribution in [0.1, 0.15) is 0 Å². The average Bonchev–Trinajstić information content (AvgIpc) is 3.52. The van der Waals surface area contributed by atoms with Crippen LogP contribution in [-0.4, -0.2) is 0 Å². The minimum absolute atomic E-state index is 0.900. The Labute approximate surface area is 277 Å². The van der Waals surface area contributed by atoms with Crippen molar-refractivity contribution in [2.24, 2.45) is 0 Å². The molecule has 2 nitrogen and oxygen atoms in total. The predicted octanol–water partition coefficient (Wildman–Crippen LogP) is 13.3. The molecule has 10 rings (SSSR count). The summed E-state index contributed by atoms with van der Waals surface area (Å²) in [5.74, 6) is 0. The molecule has 224 valence electrons. The van der Waals surface area contributed by atoms with E-state index in [4.69, 9.17) is 4.42 Å². The topological polar surface area (TPSA) is 16.4 Å². The summed E-state index contributed by atoms with van der Waals surface area (Å²) in [6.07, 6.45) is 0. The van der Waals surface area contributed by atoms with E-state index in [0.717, 1.165) is 50.1 Å². The van der Waals surface area contributed by atoms with Gasteiger partial charge < -0.3 is 9.32 Å². The highest BCUT2D eigenvalue weighted by Gasteiger charge is 2.22. The van der Waals surface area contributed by atoms with Crippen LogP contribution in [0.25, 0.3) is 76.2 Å². The van der Waals surface area contributed by atoms with Crippen molar-refractivity contribution in [3.8, 4) is 11.1 Å². The van der Waals surface area contributed by atoms with Crippen molar-refractivity contribution >= 4 is 82.1 Å². The fourth-order valence-electron chi connectivity index (χ4n) is 7.54. The van der Waals surface area contributed by atoms with Gasteiger partial charge in [0.15, 0.2) is 0 Å². The summed E-state index contributed by atoms with van der Waals surface area (Å²) < 4.78 is 6.76. The van der Waals surface area contributed by atoms with Crippen LogP contribution < -0.4 is 4.90 Å². The molecule has 48 heavy (non-hydrogen) atoms. The molecule has 0 saturated heterocycles. The third-order valence-electron chi connectivity index (χ3n) is 9.78. The number of para-hydroxylation sites is 2. The van der Waals surface area contributed by atoms with E-state index in [-0.39, 0.29) is 0 Å². The second-order valence-electron chi connectivity index (χ2n) is 12.5. The second-order valence-corrected chi connectivity index (χ2v) is 12.5. The van der Waals surface area contributed by atoms with Crippen molar-refractivity contribution in [2.45, 2.75) is 0 Å². The lowest BCUT2D eigenvalue weighted by atomic mass is 9.96. The molecule has 0 saturated carbocycles. The van der Waals surface area contributed by atoms with Crippen molar-refractivity contribution in [3.63, 3.8) is 0 Å². The Hall–Kier alpha value is -6.38. The third-order valence-corrected chi connectivity index (χ3v) is 9.78. The van der Waals surface area contributed by atoms with E-state index in [0.29, 0.717) is 0 Å². The first-order valence-corrected chi connectivity index (χ1v) is 16.4. The zero-order chi connectivity index (χ0) is 31.6. The molecule has 0 N–H and O–H groups in total. The van der Waals surface area contributed by atoms with Crippen LogP contribution in [0.5, 0.6) is 0 Å². The Kier molecular flexibility index (Phi) is 5.91. The predicted molar refractivity (Wildman–Crippen MR) is 204 cm³/mol. The van der Waals surface area contributed by atoms with Crippen LogP contribution in [-0.2, 0) is 0 Å². The summed E-state index contributed by atoms with van der Waals surface area (Å²) in [5.41, 5.74) is 7.31. The van der Waals surface area contributed by atoms with Crippen LogP contribution in [0.4, 0.5) is 17.1 Å². The van der Waals surface area contributed by atoms with E-state index in [1.807, 2.05) is 0 Å². The molecule has 10 aromatic rings. The van der Waals surface area contributed by atoms with Crippen LogP contribution in [0.3, 0.4) is 0 Å². The van der Waals surface area contributed by atoms with E-state index in [1.165, 1.54) is 43.1 Å². The zero-order valence-electron chi connectivity index (χ0n) is 26.1. The summed E-state index contributed by atoms with van der Waals surface area (Å²) in [7, 11) is 0. The molecule has 0 radical (unpaired) electrons. The Bertz CT molecular complexity index is 2860. The fraction of sp³-hybridized carbons (Fsp3) is 0. The first kappa shape index (κ1) is 26.8. The van der Waals surface area contributed by atoms with Crippen LogP contribution >= 0.6 is 0 Å². The van der Waals surface area contributed by atoms with Gasteiger partial charge in [-0.25, -0.2) is 0 Å². The van der Waals surface area contributed by atoms with Gasteiger partial charge in [0.1, 0.15) is 11.2 Å². The van der Waals surface area contributed by atoms with Crippen LogP contribution in [0, 0.1) is 0 Å². The second kappa shape index (κ2) is 10.6. The molecule has 0 fully saturated rings. The number of rotatable bonds is 4. The van der Waals surface area contributed by atoms with Gasteiger partial charge in [-0.05, 0) is 74.1 Å². The molecule has 0 bridgehead atoms. The van der Waals surface area contributed by atoms with Crippen molar-refractivity contribution in [1.29, 1.82) is 0 Å². The van der Waals surface area contributed by atoms with E-state index in [1.54, 1.807) is 0 Å². The quantitative estimate of drug-likeness (QED) is 0.184. The molecule has 0 aliphatic heterocycles. The van der Waals surface area contributed by atoms with Gasteiger partial charge in [-0.15, -0.1) is 0 Å². The monoisotopic (exact) mass is 611 g/mol. The lowest BCUT2D eigenvalue weighted by Gasteiger charge is -2.30. The Morgan fingerprint density at radius 2 is 0.938 bits per heavy atom. The summed E-state index contributed by atoms with van der Waals surface area (Å²) in [6, 6.07) is 63.4. The molecule has 0 spiro atoms. The number of furan rings is 1. The maximum absolute atomic E-state index is 6.76. The zero-order valence-corrected chi connectivity index (χ0v) is 26.1. The van der Waals surface area contributed by atoms with Gasteiger partial charge in [0.2, 0.25) is 0 Å². The third kappa shape index (κ3) is 4.13. The largest absolute Gasteiger partial charge is 0.455 e. The molecule has 0 aliphatic rings. The Morgan fingerprint density at radius 3 is 1.77 bits per heavy atom. The molecule has 9 aromatic carbocycles. The summed E-state index contributed by atoms with van der Waals surface area (Å²) >= 11 is 0. The summed E-state index contributed by atoms with van der Waals surface area (Å²) in [4.78, 5) is 2.44. The molecule has 0 aliphatic carbocycles. The number of anilines is 3. The average molecular weight is 612 g/mol. The standard InChI is InChI=1S/C46H29NO/c1-2-13-31-26-35(25-24-30(31)12-1)47(44-28-34-16-5-6-17-36(34)37-18-7-8-19-38(37)44)43-23-10-9-20-39(43)40-21-11-22-41-42-27-32-14-3-4-15-33(32)29-45(42)48-46(40)41/h1-29H. The minimum Gasteiger partial charge on any atom is -0.455 e. The van der Waals surface area contributed by atoms with E-state index < -0.39 is 0 Å². The number of fused-ring (bicyclic) bond motifs is 8. The number of benzene rings is 9. The Morgan fingerprint density at radius 1 is 0.333 bits per heavy atom. The van der Waals surface area contributed by atoms with Crippen molar-refractivity contribution in [2.75, 3.05) is 4.90 Å². The van der Waals surface area contributed by atoms with Gasteiger partial charge in [-0.2, -0.15) is 0 Å². The SMILES string of the molecule is c1ccc(N(c2ccc3ccccc3c2)c2cc3ccccc3c3ccccc23)c(-c2cccc3c2oc2cc4ccccc4cc23)c1. The highest BCUT2D eigenvalue weighted by molar-refractivity contribution is 6.17. The number of hydrogen-bond acceptors (Lipinski definition) is 2. The maximum Gasteiger partial charge on any atom is 0.143 e. The van der Waals surface area contributed by atoms with E-state index in [9.17, 15) is 0 Å². The first-order chi connectivity index (χ1) is 23.8. The smallest absolute Gasteiger partial charge is 0.143 e. The molecule has 0 unspecified atom stereocenters. The van der Waals surface area contributed by atoms with Gasteiger partial charge in [-0.1, -0.05) is 140 Å². The lowest BCUT2D eigenvalue weighted by molar-refractivity contribution is 0.670. The number of hydrogen-bond donors (Lipinski definition) is 0. The molecule has 1 aromatic heterocycles. The molecular formula is C46H29NO. The maximum atomic E-state index is 6.76. The Balaban J connectivity index is 1.28. The van der Waals surface area contributed by atoms with Gasteiger partial charge in [0.05, 0.1) is 11.4 Å². The molecule has 2 heteroatoms. The number of nitrogens with zero attached hydrogens (tertiary/aromatic N) is 1. The molecule has 1 heterocycles. The normalized spacial score (nSPS) is 11.8. The molecular weight excluding hydrogens is 583 g/mol. The first-order valence-electron chi connectivity index (χ1n) is 16.4. The van der Waals surface area contributed by atoms with Crippen molar-refractivity contribution < 1.29 is 4.42 Å². The lowest BCUT2D eigenvalue weighted by Crippen LogP contribution is -2.12. The van der Waals surface area contributed by atoms with Gasteiger partial charge in [0, 0.05) is 33.0 Å². The summed E-state index contributed by atoms with van der Waals surface area (Å²) in [5, 5.41) is 12.0. The fourth-order valence-corrected chi connectivity index (χ4v) is 7.54. The summed E-state index contributed by atoms with van der Waals surface area (Å²) in [6.45, 7) is 0. The minimum atomic E-state index is 0.900. The van der Waals surface area contributed by atoms with Crippen LogP contribution in [0.15, 0.2) is 180 Å². The molecule has 0 atom stereocenters. The van der Waals surface area contributed by atoms with Crippen molar-refractivity contribution in [3.05, 3.63) is 176 Å². The van der Waals surface area contributed by atoms with E-state index >= 15 is 0 Å². The highest BCUT2D eigenvalue weighted by Crippen LogP contribution is 2.47. The van der Waals surface area contributed by atoms with Gasteiger partial charge >= 0.3 is 0 Å². The van der Waals surface area contributed by atoms with Gasteiger partial charge in [-0.3, -0.25) is 0 Å². The van der Waals surface area contributed by atoms with E-state index in [2.05, 4.69) is 181 Å². The highest BCUT2D eigenvalue weighted by atomic mass is 16.3. The molecule has 0 amide bonds. The van der Waals surface area contributed by atoms with Crippen molar-refractivity contribution in [1.82, 2.24) is 0 Å².